The number of hydrogen-bond donors (Lipinski definition) is 2. The van der Waals surface area contributed by atoms with Gasteiger partial charge in [0.1, 0.15) is 0 Å². The van der Waals surface area contributed by atoms with E-state index >= 15 is 0 Å². The van der Waals surface area contributed by atoms with E-state index in [1.165, 1.54) is 0 Å². The van der Waals surface area contributed by atoms with Gasteiger partial charge in [0, 0.05) is 16.1 Å². The van der Waals surface area contributed by atoms with Gasteiger partial charge in [0.15, 0.2) is 0 Å². The van der Waals surface area contributed by atoms with Crippen LogP contribution in [0, 0.1) is 5.92 Å². The Labute approximate surface area is 107 Å². The fraction of sp³-hybridized carbons (Fsp3) is 0.500. The maximum Gasteiger partial charge on any atom is 0.0477 e. The molecule has 1 rings (SSSR count). The molecule has 0 aliphatic carbocycles. The van der Waals surface area contributed by atoms with Crippen LogP contribution in [0.4, 0.5) is 0 Å². The number of hydrazine groups is 1. The molecule has 0 fully saturated rings. The average Bonchev–Trinajstić information content (AvgIpc) is 2.29. The van der Waals surface area contributed by atoms with Crippen molar-refractivity contribution in [2.45, 2.75) is 32.7 Å². The highest BCUT2D eigenvalue weighted by atomic mass is 35.5. The van der Waals surface area contributed by atoms with Gasteiger partial charge in [-0.15, -0.1) is 0 Å². The van der Waals surface area contributed by atoms with Crippen molar-refractivity contribution in [1.82, 2.24) is 5.43 Å². The van der Waals surface area contributed by atoms with Gasteiger partial charge < -0.3 is 0 Å². The van der Waals surface area contributed by atoms with Crippen LogP contribution in [0.15, 0.2) is 18.2 Å². The normalized spacial score (nSPS) is 14.8. The molecule has 0 radical (unpaired) electrons. The molecule has 1 aromatic carbocycles. The van der Waals surface area contributed by atoms with Crippen molar-refractivity contribution >= 4 is 23.2 Å². The first kappa shape index (κ1) is 13.8. The Kier molecular flexibility index (Phi) is 5.56. The molecule has 1 aromatic rings. The van der Waals surface area contributed by atoms with Crippen molar-refractivity contribution in [2.24, 2.45) is 11.8 Å². The molecule has 0 saturated heterocycles. The number of halogens is 2. The number of nitrogens with two attached hydrogens (primary N) is 1. The molecule has 2 unspecified atom stereocenters. The van der Waals surface area contributed by atoms with Crippen LogP contribution in [0.1, 0.15) is 38.3 Å². The molecule has 16 heavy (non-hydrogen) atoms. The molecule has 0 aliphatic heterocycles. The van der Waals surface area contributed by atoms with Gasteiger partial charge in [-0.2, -0.15) is 0 Å². The summed E-state index contributed by atoms with van der Waals surface area (Å²) in [7, 11) is 0. The summed E-state index contributed by atoms with van der Waals surface area (Å²) in [4.78, 5) is 0. The molecule has 2 atom stereocenters. The van der Waals surface area contributed by atoms with Gasteiger partial charge >= 0.3 is 0 Å². The van der Waals surface area contributed by atoms with Gasteiger partial charge in [0.05, 0.1) is 0 Å². The van der Waals surface area contributed by atoms with Crippen LogP contribution in [0.5, 0.6) is 0 Å². The minimum absolute atomic E-state index is 0.0566. The SMILES string of the molecule is CCC(C)CC(NN)c1cc(Cl)ccc1Cl. The summed E-state index contributed by atoms with van der Waals surface area (Å²) in [5.74, 6) is 6.17. The Hall–Kier alpha value is -0.280. The zero-order chi connectivity index (χ0) is 12.1. The van der Waals surface area contributed by atoms with Crippen LogP contribution in [0.3, 0.4) is 0 Å². The van der Waals surface area contributed by atoms with Crippen molar-refractivity contribution < 1.29 is 0 Å². The smallest absolute Gasteiger partial charge is 0.0477 e. The fourth-order valence-electron chi connectivity index (χ4n) is 1.64. The van der Waals surface area contributed by atoms with E-state index in [-0.39, 0.29) is 6.04 Å². The summed E-state index contributed by atoms with van der Waals surface area (Å²) in [5.41, 5.74) is 3.78. The van der Waals surface area contributed by atoms with Gasteiger partial charge in [-0.05, 0) is 36.1 Å². The van der Waals surface area contributed by atoms with Crippen LogP contribution in [-0.2, 0) is 0 Å². The summed E-state index contributed by atoms with van der Waals surface area (Å²) >= 11 is 12.1. The molecule has 0 amide bonds. The minimum atomic E-state index is 0.0566. The lowest BCUT2D eigenvalue weighted by Crippen LogP contribution is -2.29. The average molecular weight is 261 g/mol. The molecule has 90 valence electrons. The second-order valence-electron chi connectivity index (χ2n) is 4.13. The van der Waals surface area contributed by atoms with E-state index in [1.807, 2.05) is 6.07 Å². The van der Waals surface area contributed by atoms with Gasteiger partial charge in [0.2, 0.25) is 0 Å². The van der Waals surface area contributed by atoms with Gasteiger partial charge in [0.25, 0.3) is 0 Å². The standard InChI is InChI=1S/C12H18Cl2N2/c1-3-8(2)6-12(16-15)10-7-9(13)4-5-11(10)14/h4-5,7-8,12,16H,3,6,15H2,1-2H3. The van der Waals surface area contributed by atoms with Crippen molar-refractivity contribution in [3.05, 3.63) is 33.8 Å². The lowest BCUT2D eigenvalue weighted by atomic mass is 9.95. The molecule has 2 nitrogen and oxygen atoms in total. The monoisotopic (exact) mass is 260 g/mol. The minimum Gasteiger partial charge on any atom is -0.271 e. The first-order valence-electron chi connectivity index (χ1n) is 5.49. The highest BCUT2D eigenvalue weighted by Crippen LogP contribution is 2.30. The molecule has 0 aliphatic rings. The molecule has 0 heterocycles. The summed E-state index contributed by atoms with van der Waals surface area (Å²) < 4.78 is 0. The Morgan fingerprint density at radius 2 is 2.06 bits per heavy atom. The van der Waals surface area contributed by atoms with E-state index in [2.05, 4.69) is 19.3 Å². The summed E-state index contributed by atoms with van der Waals surface area (Å²) in [6.45, 7) is 4.36. The van der Waals surface area contributed by atoms with E-state index in [9.17, 15) is 0 Å². The third-order valence-electron chi connectivity index (χ3n) is 2.87. The lowest BCUT2D eigenvalue weighted by molar-refractivity contribution is 0.408. The van der Waals surface area contributed by atoms with Crippen LogP contribution >= 0.6 is 23.2 Å². The van der Waals surface area contributed by atoms with E-state index < -0.39 is 0 Å². The Morgan fingerprint density at radius 1 is 1.38 bits per heavy atom. The van der Waals surface area contributed by atoms with Crippen LogP contribution < -0.4 is 11.3 Å². The first-order chi connectivity index (χ1) is 7.58. The van der Waals surface area contributed by atoms with Crippen molar-refractivity contribution in [3.8, 4) is 0 Å². The van der Waals surface area contributed by atoms with Crippen molar-refractivity contribution in [1.29, 1.82) is 0 Å². The molecule has 0 spiro atoms. The third-order valence-corrected chi connectivity index (χ3v) is 3.45. The quantitative estimate of drug-likeness (QED) is 0.622. The second kappa shape index (κ2) is 6.45. The largest absolute Gasteiger partial charge is 0.271 e. The van der Waals surface area contributed by atoms with Gasteiger partial charge in [-0.25, -0.2) is 0 Å². The fourth-order valence-corrected chi connectivity index (χ4v) is 2.07. The Balaban J connectivity index is 2.89. The number of hydrogen-bond acceptors (Lipinski definition) is 2. The molecule has 3 N–H and O–H groups in total. The molecule has 4 heteroatoms. The predicted molar refractivity (Wildman–Crippen MR) is 70.6 cm³/mol. The molecule has 0 bridgehead atoms. The number of nitrogens with one attached hydrogen (secondary N) is 1. The van der Waals surface area contributed by atoms with Crippen LogP contribution in [-0.4, -0.2) is 0 Å². The van der Waals surface area contributed by atoms with E-state index in [4.69, 9.17) is 29.0 Å². The summed E-state index contributed by atoms with van der Waals surface area (Å²) in [6, 6.07) is 5.52. The Morgan fingerprint density at radius 3 is 2.62 bits per heavy atom. The highest BCUT2D eigenvalue weighted by molar-refractivity contribution is 6.33. The van der Waals surface area contributed by atoms with E-state index in [0.29, 0.717) is 16.0 Å². The molecule has 0 aromatic heterocycles. The maximum absolute atomic E-state index is 6.14. The van der Waals surface area contributed by atoms with Crippen molar-refractivity contribution in [2.75, 3.05) is 0 Å². The highest BCUT2D eigenvalue weighted by Gasteiger charge is 2.16. The molecular weight excluding hydrogens is 243 g/mol. The van der Waals surface area contributed by atoms with E-state index in [0.717, 1.165) is 18.4 Å². The summed E-state index contributed by atoms with van der Waals surface area (Å²) in [6.07, 6.45) is 2.07. The second-order valence-corrected chi connectivity index (χ2v) is 4.98. The topological polar surface area (TPSA) is 38.0 Å². The Bertz CT molecular complexity index is 342. The first-order valence-corrected chi connectivity index (χ1v) is 6.25. The number of rotatable bonds is 5. The summed E-state index contributed by atoms with van der Waals surface area (Å²) in [5, 5.41) is 1.39. The maximum atomic E-state index is 6.14. The molecule has 0 saturated carbocycles. The zero-order valence-corrected chi connectivity index (χ0v) is 11.1. The van der Waals surface area contributed by atoms with Crippen LogP contribution in [0.25, 0.3) is 0 Å². The number of benzene rings is 1. The molecular formula is C12H18Cl2N2. The van der Waals surface area contributed by atoms with Gasteiger partial charge in [-0.1, -0.05) is 43.5 Å². The lowest BCUT2D eigenvalue weighted by Gasteiger charge is -2.21. The van der Waals surface area contributed by atoms with E-state index in [1.54, 1.807) is 12.1 Å². The predicted octanol–water partition coefficient (Wildman–Crippen LogP) is 3.93. The van der Waals surface area contributed by atoms with Crippen LogP contribution in [0.2, 0.25) is 10.0 Å². The zero-order valence-electron chi connectivity index (χ0n) is 9.63. The van der Waals surface area contributed by atoms with Crippen molar-refractivity contribution in [3.63, 3.8) is 0 Å². The van der Waals surface area contributed by atoms with Gasteiger partial charge in [-0.3, -0.25) is 11.3 Å². The third kappa shape index (κ3) is 3.63.